The highest BCUT2D eigenvalue weighted by atomic mass is 32.3. The highest BCUT2D eigenvalue weighted by molar-refractivity contribution is 7.88. The lowest BCUT2D eigenvalue weighted by atomic mass is 10.3. The van der Waals surface area contributed by atoms with E-state index in [-0.39, 0.29) is 10.5 Å². The van der Waals surface area contributed by atoms with Crippen LogP contribution >= 0.6 is 11.3 Å². The van der Waals surface area contributed by atoms with Gasteiger partial charge in [-0.1, -0.05) is 12.1 Å². The lowest BCUT2D eigenvalue weighted by Crippen LogP contribution is -1.95. The second-order valence-corrected chi connectivity index (χ2v) is 5.05. The monoisotopic (exact) mass is 232 g/mol. The second-order valence-electron chi connectivity index (χ2n) is 2.42. The molecule has 76 valence electrons. The Kier molecular flexibility index (Phi) is 2.86. The fourth-order valence-electron chi connectivity index (χ4n) is 0.961. The summed E-state index contributed by atoms with van der Waals surface area (Å²) in [5.74, 6) is 0. The largest absolute Gasteiger partial charge is 0.344 e. The van der Waals surface area contributed by atoms with Gasteiger partial charge in [-0.25, -0.2) is 4.98 Å². The number of rotatable bonds is 1. The quantitative estimate of drug-likeness (QED) is 0.728. The minimum Gasteiger partial charge on any atom is -0.344 e. The number of para-hydroxylation sites is 1. The van der Waals surface area contributed by atoms with Crippen LogP contribution in [0.2, 0.25) is 0 Å². The lowest BCUT2D eigenvalue weighted by Gasteiger charge is -1.83. The fraction of sp³-hybridized carbons (Fsp3) is 0. The summed E-state index contributed by atoms with van der Waals surface area (Å²) in [6.45, 7) is 0. The molecular formula is C7H8N2O3S2. The molecule has 2 aromatic rings. The Morgan fingerprint density at radius 3 is 2.50 bits per heavy atom. The minimum atomic E-state index is -4.16. The van der Waals surface area contributed by atoms with Gasteiger partial charge in [-0.15, -0.1) is 11.3 Å². The van der Waals surface area contributed by atoms with Crippen molar-refractivity contribution in [1.29, 1.82) is 0 Å². The smallest absolute Gasteiger partial charge is 0.322 e. The van der Waals surface area contributed by atoms with E-state index in [4.69, 9.17) is 4.55 Å². The van der Waals surface area contributed by atoms with Crippen LogP contribution in [0.5, 0.6) is 0 Å². The third-order valence-corrected chi connectivity index (χ3v) is 3.74. The van der Waals surface area contributed by atoms with E-state index >= 15 is 0 Å². The van der Waals surface area contributed by atoms with E-state index in [1.807, 2.05) is 0 Å². The first-order valence-electron chi connectivity index (χ1n) is 3.40. The predicted octanol–water partition coefficient (Wildman–Crippen LogP) is 1.71. The van der Waals surface area contributed by atoms with Gasteiger partial charge in [0.15, 0.2) is 0 Å². The maximum Gasteiger partial charge on any atom is 0.322 e. The Morgan fingerprint density at radius 1 is 1.29 bits per heavy atom. The van der Waals surface area contributed by atoms with Gasteiger partial charge in [0.1, 0.15) is 0 Å². The van der Waals surface area contributed by atoms with Crippen LogP contribution in [0.15, 0.2) is 28.6 Å². The number of aromatic nitrogens is 1. The van der Waals surface area contributed by atoms with Crippen LogP contribution in [-0.2, 0) is 10.1 Å². The SMILES string of the molecule is N.O=S(=O)(O)c1nc2ccccc2s1. The zero-order valence-corrected chi connectivity index (χ0v) is 8.68. The third kappa shape index (κ3) is 1.90. The number of hydrogen-bond donors (Lipinski definition) is 2. The van der Waals surface area contributed by atoms with Crippen LogP contribution in [0.4, 0.5) is 0 Å². The molecule has 0 unspecified atom stereocenters. The molecule has 0 aliphatic heterocycles. The van der Waals surface area contributed by atoms with Crippen molar-refractivity contribution in [3.63, 3.8) is 0 Å². The van der Waals surface area contributed by atoms with E-state index in [1.165, 1.54) is 0 Å². The second kappa shape index (κ2) is 3.62. The van der Waals surface area contributed by atoms with Crippen LogP contribution in [-0.4, -0.2) is 18.0 Å². The van der Waals surface area contributed by atoms with E-state index in [0.29, 0.717) is 5.52 Å². The standard InChI is InChI=1S/C7H5NO3S2.H3N/c9-13(10,11)7-8-5-3-1-2-4-6(5)12-7;/h1-4H,(H,9,10,11);1H3. The third-order valence-electron chi connectivity index (χ3n) is 1.49. The first-order valence-corrected chi connectivity index (χ1v) is 5.66. The van der Waals surface area contributed by atoms with Crippen LogP contribution in [0, 0.1) is 0 Å². The molecule has 7 heteroatoms. The Bertz CT molecular complexity index is 514. The van der Waals surface area contributed by atoms with Gasteiger partial charge < -0.3 is 6.15 Å². The Morgan fingerprint density at radius 2 is 1.93 bits per heavy atom. The Balaban J connectivity index is 0.000000980. The van der Waals surface area contributed by atoms with Gasteiger partial charge in [-0.2, -0.15) is 8.42 Å². The molecule has 1 aromatic carbocycles. The van der Waals surface area contributed by atoms with Crippen LogP contribution < -0.4 is 6.15 Å². The summed E-state index contributed by atoms with van der Waals surface area (Å²) in [4.78, 5) is 3.76. The molecule has 0 saturated carbocycles. The summed E-state index contributed by atoms with van der Waals surface area (Å²) in [6, 6.07) is 6.99. The fourth-order valence-corrected chi connectivity index (χ4v) is 2.56. The van der Waals surface area contributed by atoms with Gasteiger partial charge in [-0.05, 0) is 12.1 Å². The molecule has 5 nitrogen and oxygen atoms in total. The number of nitrogens with zero attached hydrogens (tertiary/aromatic N) is 1. The van der Waals surface area contributed by atoms with Crippen LogP contribution in [0.25, 0.3) is 10.2 Å². The van der Waals surface area contributed by atoms with Crippen molar-refractivity contribution in [2.75, 3.05) is 0 Å². The number of benzene rings is 1. The van der Waals surface area contributed by atoms with Crippen LogP contribution in [0.1, 0.15) is 0 Å². The molecule has 4 N–H and O–H groups in total. The Hall–Kier alpha value is -1.02. The molecule has 0 atom stereocenters. The van der Waals surface area contributed by atoms with Crippen LogP contribution in [0.3, 0.4) is 0 Å². The summed E-state index contributed by atoms with van der Waals surface area (Å²) < 4.78 is 30.6. The molecular weight excluding hydrogens is 224 g/mol. The zero-order chi connectivity index (χ0) is 9.47. The minimum absolute atomic E-state index is 0. The van der Waals surface area contributed by atoms with E-state index < -0.39 is 10.1 Å². The molecule has 14 heavy (non-hydrogen) atoms. The molecule has 0 fully saturated rings. The average molecular weight is 232 g/mol. The van der Waals surface area contributed by atoms with Crippen molar-refractivity contribution in [1.82, 2.24) is 11.1 Å². The van der Waals surface area contributed by atoms with Crippen molar-refractivity contribution >= 4 is 31.7 Å². The van der Waals surface area contributed by atoms with Gasteiger partial charge in [0, 0.05) is 0 Å². The lowest BCUT2D eigenvalue weighted by molar-refractivity contribution is 0.482. The van der Waals surface area contributed by atoms with Crippen molar-refractivity contribution in [2.24, 2.45) is 0 Å². The number of fused-ring (bicyclic) bond motifs is 1. The van der Waals surface area contributed by atoms with Crippen molar-refractivity contribution in [2.45, 2.75) is 4.34 Å². The number of thiazole rings is 1. The molecule has 0 bridgehead atoms. The van der Waals surface area contributed by atoms with Gasteiger partial charge in [0.2, 0.25) is 4.34 Å². The molecule has 1 heterocycles. The van der Waals surface area contributed by atoms with Crippen molar-refractivity contribution in [3.05, 3.63) is 24.3 Å². The highest BCUT2D eigenvalue weighted by Gasteiger charge is 2.15. The molecule has 0 aliphatic rings. The molecule has 0 amide bonds. The van der Waals surface area contributed by atoms with Crippen molar-refractivity contribution in [3.8, 4) is 0 Å². The summed E-state index contributed by atoms with van der Waals surface area (Å²) >= 11 is 0.955. The summed E-state index contributed by atoms with van der Waals surface area (Å²) in [6.07, 6.45) is 0. The maximum absolute atomic E-state index is 10.7. The molecule has 2 rings (SSSR count). The summed E-state index contributed by atoms with van der Waals surface area (Å²) in [5.41, 5.74) is 0.583. The Labute approximate surface area is 84.7 Å². The normalized spacial score (nSPS) is 11.2. The molecule has 0 spiro atoms. The highest BCUT2D eigenvalue weighted by Crippen LogP contribution is 2.24. The maximum atomic E-state index is 10.7. The van der Waals surface area contributed by atoms with E-state index in [2.05, 4.69) is 4.98 Å². The first kappa shape index (κ1) is 11.1. The average Bonchev–Trinajstić information content (AvgIpc) is 2.45. The van der Waals surface area contributed by atoms with Crippen molar-refractivity contribution < 1.29 is 13.0 Å². The van der Waals surface area contributed by atoms with E-state index in [1.54, 1.807) is 24.3 Å². The number of hydrogen-bond acceptors (Lipinski definition) is 5. The molecule has 0 saturated heterocycles. The first-order chi connectivity index (χ1) is 6.07. The van der Waals surface area contributed by atoms with E-state index in [9.17, 15) is 8.42 Å². The predicted molar refractivity (Wildman–Crippen MR) is 54.5 cm³/mol. The molecule has 0 radical (unpaired) electrons. The summed E-state index contributed by atoms with van der Waals surface area (Å²) in [5, 5.41) is 0. The van der Waals surface area contributed by atoms with Gasteiger partial charge in [0.05, 0.1) is 10.2 Å². The molecule has 0 aliphatic carbocycles. The van der Waals surface area contributed by atoms with E-state index in [0.717, 1.165) is 16.0 Å². The summed E-state index contributed by atoms with van der Waals surface area (Å²) in [7, 11) is -4.16. The molecule has 1 aromatic heterocycles. The van der Waals surface area contributed by atoms with Gasteiger partial charge >= 0.3 is 10.1 Å². The topological polar surface area (TPSA) is 102 Å². The van der Waals surface area contributed by atoms with Gasteiger partial charge in [-0.3, -0.25) is 4.55 Å². The van der Waals surface area contributed by atoms with Gasteiger partial charge in [0.25, 0.3) is 0 Å². The zero-order valence-electron chi connectivity index (χ0n) is 7.04.